The van der Waals surface area contributed by atoms with E-state index < -0.39 is 0 Å². The molecule has 1 saturated carbocycles. The normalized spacial score (nSPS) is 21.6. The van der Waals surface area contributed by atoms with Crippen molar-refractivity contribution in [2.45, 2.75) is 45.6 Å². The van der Waals surface area contributed by atoms with E-state index in [4.69, 9.17) is 0 Å². The van der Waals surface area contributed by atoms with Crippen LogP contribution in [-0.4, -0.2) is 55.1 Å². The highest BCUT2D eigenvalue weighted by Gasteiger charge is 2.34. The van der Waals surface area contributed by atoms with Crippen molar-refractivity contribution in [3.05, 3.63) is 15.6 Å². The maximum absolute atomic E-state index is 4.59. The summed E-state index contributed by atoms with van der Waals surface area (Å²) >= 11 is 1.80. The summed E-state index contributed by atoms with van der Waals surface area (Å²) in [5.74, 6) is 1.68. The molecule has 1 aliphatic carbocycles. The van der Waals surface area contributed by atoms with Gasteiger partial charge in [-0.25, -0.2) is 4.98 Å². The van der Waals surface area contributed by atoms with Crippen molar-refractivity contribution in [1.29, 1.82) is 0 Å². The Kier molecular flexibility index (Phi) is 7.74. The quantitative estimate of drug-likeness (QED) is 0.387. The second-order valence-electron chi connectivity index (χ2n) is 6.76. The third kappa shape index (κ3) is 5.56. The first-order valence-corrected chi connectivity index (χ1v) is 9.59. The third-order valence-electron chi connectivity index (χ3n) is 4.87. The Morgan fingerprint density at radius 3 is 2.71 bits per heavy atom. The van der Waals surface area contributed by atoms with Crippen LogP contribution in [0.1, 0.15) is 34.8 Å². The zero-order chi connectivity index (χ0) is 16.2. The lowest BCUT2D eigenvalue weighted by atomic mass is 10.1. The van der Waals surface area contributed by atoms with E-state index in [1.54, 1.807) is 11.3 Å². The average Bonchev–Trinajstić information content (AvgIpc) is 3.20. The number of hydrogen-bond donors (Lipinski definition) is 2. The topological polar surface area (TPSA) is 52.6 Å². The lowest BCUT2D eigenvalue weighted by Crippen LogP contribution is -2.41. The largest absolute Gasteiger partial charge is 0.356 e. The summed E-state index contributed by atoms with van der Waals surface area (Å²) in [6.07, 6.45) is 5.11. The fourth-order valence-corrected chi connectivity index (χ4v) is 4.13. The molecular weight excluding hydrogens is 433 g/mol. The first-order valence-electron chi connectivity index (χ1n) is 8.77. The summed E-state index contributed by atoms with van der Waals surface area (Å²) in [5.41, 5.74) is 1.16. The lowest BCUT2D eigenvalue weighted by molar-refractivity contribution is 0.314. The van der Waals surface area contributed by atoms with E-state index in [0.29, 0.717) is 0 Å². The van der Waals surface area contributed by atoms with Gasteiger partial charge in [-0.3, -0.25) is 4.99 Å². The monoisotopic (exact) mass is 463 g/mol. The molecule has 2 aliphatic rings. The van der Waals surface area contributed by atoms with E-state index >= 15 is 0 Å². The summed E-state index contributed by atoms with van der Waals surface area (Å²) in [5, 5.41) is 8.11. The molecule has 2 heterocycles. The summed E-state index contributed by atoms with van der Waals surface area (Å²) in [7, 11) is 1.85. The number of thiazole rings is 1. The predicted octanol–water partition coefficient (Wildman–Crippen LogP) is 2.57. The molecule has 1 aliphatic heterocycles. The Morgan fingerprint density at radius 1 is 1.29 bits per heavy atom. The summed E-state index contributed by atoms with van der Waals surface area (Å²) in [6, 6.07) is 0.905. The Morgan fingerprint density at radius 2 is 2.08 bits per heavy atom. The van der Waals surface area contributed by atoms with Crippen LogP contribution < -0.4 is 10.6 Å². The summed E-state index contributed by atoms with van der Waals surface area (Å²) in [6.45, 7) is 8.66. The van der Waals surface area contributed by atoms with E-state index in [1.807, 2.05) is 7.05 Å². The zero-order valence-electron chi connectivity index (χ0n) is 15.0. The van der Waals surface area contributed by atoms with E-state index in [-0.39, 0.29) is 24.0 Å². The van der Waals surface area contributed by atoms with Gasteiger partial charge < -0.3 is 15.5 Å². The Balaban J connectivity index is 0.00000208. The van der Waals surface area contributed by atoms with Gasteiger partial charge in [0.15, 0.2) is 5.96 Å². The van der Waals surface area contributed by atoms with Crippen LogP contribution in [0.3, 0.4) is 0 Å². The van der Waals surface area contributed by atoms with Gasteiger partial charge in [0.1, 0.15) is 0 Å². The number of halogens is 1. The van der Waals surface area contributed by atoms with Gasteiger partial charge in [0.2, 0.25) is 0 Å². The van der Waals surface area contributed by atoms with Crippen molar-refractivity contribution in [3.8, 4) is 0 Å². The van der Waals surface area contributed by atoms with E-state index in [2.05, 4.69) is 39.4 Å². The van der Waals surface area contributed by atoms with E-state index in [9.17, 15) is 0 Å². The number of aromatic nitrogens is 1. The van der Waals surface area contributed by atoms with Gasteiger partial charge in [-0.15, -0.1) is 35.3 Å². The van der Waals surface area contributed by atoms with Crippen molar-refractivity contribution < 1.29 is 0 Å². The molecule has 1 aromatic rings. The molecule has 2 N–H and O–H groups in total. The molecule has 136 valence electrons. The highest BCUT2D eigenvalue weighted by molar-refractivity contribution is 14.0. The number of hydrogen-bond acceptors (Lipinski definition) is 4. The maximum atomic E-state index is 4.59. The van der Waals surface area contributed by atoms with Crippen LogP contribution in [-0.2, 0) is 6.42 Å². The highest BCUT2D eigenvalue weighted by atomic mass is 127. The lowest BCUT2D eigenvalue weighted by Gasteiger charge is -2.17. The molecule has 0 aromatic carbocycles. The Bertz CT molecular complexity index is 536. The number of guanidine groups is 1. The Labute approximate surface area is 166 Å². The molecule has 0 amide bonds. The van der Waals surface area contributed by atoms with Crippen LogP contribution >= 0.6 is 35.3 Å². The van der Waals surface area contributed by atoms with Crippen LogP contribution in [0.5, 0.6) is 0 Å². The minimum Gasteiger partial charge on any atom is -0.356 e. The molecule has 1 aromatic heterocycles. The maximum Gasteiger partial charge on any atom is 0.191 e. The molecule has 7 heteroatoms. The van der Waals surface area contributed by atoms with Crippen molar-refractivity contribution in [3.63, 3.8) is 0 Å². The molecular formula is C17H30IN5S. The van der Waals surface area contributed by atoms with E-state index in [0.717, 1.165) is 43.1 Å². The molecule has 0 radical (unpaired) electrons. The molecule has 2 fully saturated rings. The molecule has 1 atom stereocenters. The van der Waals surface area contributed by atoms with Gasteiger partial charge in [-0.2, -0.15) is 0 Å². The van der Waals surface area contributed by atoms with Crippen LogP contribution in [0.15, 0.2) is 4.99 Å². The second-order valence-corrected chi connectivity index (χ2v) is 8.05. The van der Waals surface area contributed by atoms with Crippen molar-refractivity contribution in [1.82, 2.24) is 20.5 Å². The van der Waals surface area contributed by atoms with Crippen molar-refractivity contribution >= 4 is 41.3 Å². The van der Waals surface area contributed by atoms with Gasteiger partial charge in [0.25, 0.3) is 0 Å². The standard InChI is InChI=1S/C17H29N5S.HI/c1-12-13(2)23-16(21-12)6-8-19-17(18-3)20-10-14-7-9-22(11-14)15-4-5-15;/h14-15H,4-11H2,1-3H3,(H2,18,19,20);1H. The summed E-state index contributed by atoms with van der Waals surface area (Å²) < 4.78 is 0. The van der Waals surface area contributed by atoms with Crippen molar-refractivity contribution in [2.75, 3.05) is 33.2 Å². The highest BCUT2D eigenvalue weighted by Crippen LogP contribution is 2.31. The SMILES string of the molecule is CN=C(NCCc1nc(C)c(C)s1)NCC1CCN(C2CC2)C1.I. The number of likely N-dealkylation sites (tertiary alicyclic amines) is 1. The number of rotatable bonds is 6. The summed E-state index contributed by atoms with van der Waals surface area (Å²) in [4.78, 5) is 12.9. The Hall–Kier alpha value is -0.410. The molecule has 1 saturated heterocycles. The molecule has 1 unspecified atom stereocenters. The predicted molar refractivity (Wildman–Crippen MR) is 113 cm³/mol. The minimum atomic E-state index is 0. The van der Waals surface area contributed by atoms with Gasteiger partial charge in [-0.1, -0.05) is 0 Å². The van der Waals surface area contributed by atoms with Crippen molar-refractivity contribution in [2.24, 2.45) is 10.9 Å². The van der Waals surface area contributed by atoms with Crippen LogP contribution in [0.25, 0.3) is 0 Å². The van der Waals surface area contributed by atoms with Gasteiger partial charge in [-0.05, 0) is 45.6 Å². The van der Waals surface area contributed by atoms with Crippen LogP contribution in [0.2, 0.25) is 0 Å². The van der Waals surface area contributed by atoms with Gasteiger partial charge >= 0.3 is 0 Å². The molecule has 5 nitrogen and oxygen atoms in total. The molecule has 0 bridgehead atoms. The molecule has 3 rings (SSSR count). The first-order chi connectivity index (χ1) is 11.2. The number of aliphatic imine (C=N–C) groups is 1. The van der Waals surface area contributed by atoms with Crippen LogP contribution in [0.4, 0.5) is 0 Å². The number of aryl methyl sites for hydroxylation is 2. The van der Waals surface area contributed by atoms with Gasteiger partial charge in [0.05, 0.1) is 10.7 Å². The smallest absolute Gasteiger partial charge is 0.191 e. The zero-order valence-corrected chi connectivity index (χ0v) is 18.1. The first kappa shape index (κ1) is 19.9. The van der Waals surface area contributed by atoms with Gasteiger partial charge in [0, 0.05) is 44.0 Å². The third-order valence-corrected chi connectivity index (χ3v) is 6.00. The molecule has 0 spiro atoms. The van der Waals surface area contributed by atoms with E-state index in [1.165, 1.54) is 42.2 Å². The fraction of sp³-hybridized carbons (Fsp3) is 0.765. The van der Waals surface area contributed by atoms with Crippen LogP contribution in [0, 0.1) is 19.8 Å². The second kappa shape index (κ2) is 9.33. The minimum absolute atomic E-state index is 0. The number of nitrogens with zero attached hydrogens (tertiary/aromatic N) is 3. The number of nitrogens with one attached hydrogen (secondary N) is 2. The average molecular weight is 463 g/mol. The molecule has 24 heavy (non-hydrogen) atoms. The fourth-order valence-electron chi connectivity index (χ4n) is 3.20.